The smallest absolute Gasteiger partial charge is 0.124 e. The standard InChI is InChI=1S/C16H26N2O2/c1-12-10-14(11-13(2)16(12)20-3)15(4-9-19)18-7-5-17-6-8-18/h10-11,15,17,19H,4-9H2,1-3H3/t15-/m0/s1. The number of hydrogen-bond donors (Lipinski definition) is 2. The monoisotopic (exact) mass is 278 g/mol. The Kier molecular flexibility index (Phi) is 5.40. The largest absolute Gasteiger partial charge is 0.496 e. The summed E-state index contributed by atoms with van der Waals surface area (Å²) < 4.78 is 5.44. The van der Waals surface area contributed by atoms with Crippen molar-refractivity contribution in [3.05, 3.63) is 28.8 Å². The number of benzene rings is 1. The van der Waals surface area contributed by atoms with E-state index in [2.05, 4.69) is 36.2 Å². The molecule has 20 heavy (non-hydrogen) atoms. The highest BCUT2D eigenvalue weighted by Crippen LogP contribution is 2.31. The van der Waals surface area contributed by atoms with Crippen LogP contribution in [0, 0.1) is 13.8 Å². The first kappa shape index (κ1) is 15.3. The summed E-state index contributed by atoms with van der Waals surface area (Å²) in [6.07, 6.45) is 0.783. The molecule has 1 aliphatic rings. The molecule has 1 aromatic carbocycles. The second kappa shape index (κ2) is 7.07. The van der Waals surface area contributed by atoms with Gasteiger partial charge in [0.05, 0.1) is 7.11 Å². The second-order valence-electron chi connectivity index (χ2n) is 5.50. The van der Waals surface area contributed by atoms with Crippen LogP contribution in [0.25, 0.3) is 0 Å². The van der Waals surface area contributed by atoms with Crippen LogP contribution in [-0.4, -0.2) is 49.9 Å². The van der Waals surface area contributed by atoms with Gasteiger partial charge in [-0.15, -0.1) is 0 Å². The predicted molar refractivity (Wildman–Crippen MR) is 81.4 cm³/mol. The molecule has 1 saturated heterocycles. The number of methoxy groups -OCH3 is 1. The van der Waals surface area contributed by atoms with Crippen LogP contribution in [0.1, 0.15) is 29.2 Å². The minimum Gasteiger partial charge on any atom is -0.496 e. The zero-order chi connectivity index (χ0) is 14.5. The van der Waals surface area contributed by atoms with E-state index in [1.54, 1.807) is 7.11 Å². The maximum atomic E-state index is 9.40. The molecule has 0 saturated carbocycles. The summed E-state index contributed by atoms with van der Waals surface area (Å²) in [4.78, 5) is 2.47. The van der Waals surface area contributed by atoms with Crippen LogP contribution < -0.4 is 10.1 Å². The lowest BCUT2D eigenvalue weighted by atomic mass is 9.96. The number of aliphatic hydroxyl groups excluding tert-OH is 1. The van der Waals surface area contributed by atoms with Crippen LogP contribution in [-0.2, 0) is 0 Å². The van der Waals surface area contributed by atoms with Gasteiger partial charge in [-0.05, 0) is 37.0 Å². The quantitative estimate of drug-likeness (QED) is 0.859. The third-order valence-electron chi connectivity index (χ3n) is 4.07. The van der Waals surface area contributed by atoms with Crippen molar-refractivity contribution in [1.29, 1.82) is 0 Å². The number of rotatable bonds is 5. The molecule has 1 fully saturated rings. The van der Waals surface area contributed by atoms with Crippen molar-refractivity contribution in [2.45, 2.75) is 26.3 Å². The van der Waals surface area contributed by atoms with Crippen LogP contribution >= 0.6 is 0 Å². The fourth-order valence-electron chi connectivity index (χ4n) is 3.17. The van der Waals surface area contributed by atoms with E-state index in [-0.39, 0.29) is 6.61 Å². The van der Waals surface area contributed by atoms with Gasteiger partial charge in [-0.25, -0.2) is 0 Å². The first-order valence-corrected chi connectivity index (χ1v) is 7.38. The Balaban J connectivity index is 2.28. The molecule has 112 valence electrons. The van der Waals surface area contributed by atoms with E-state index in [0.29, 0.717) is 6.04 Å². The molecule has 1 heterocycles. The van der Waals surface area contributed by atoms with Gasteiger partial charge in [-0.2, -0.15) is 0 Å². The Hall–Kier alpha value is -1.10. The molecule has 2 rings (SSSR count). The summed E-state index contributed by atoms with van der Waals surface area (Å²) in [6, 6.07) is 4.70. The zero-order valence-electron chi connectivity index (χ0n) is 12.8. The second-order valence-corrected chi connectivity index (χ2v) is 5.50. The van der Waals surface area contributed by atoms with E-state index in [4.69, 9.17) is 4.74 Å². The van der Waals surface area contributed by atoms with Gasteiger partial charge >= 0.3 is 0 Å². The van der Waals surface area contributed by atoms with E-state index in [9.17, 15) is 5.11 Å². The van der Waals surface area contributed by atoms with Crippen LogP contribution in [0.15, 0.2) is 12.1 Å². The highest BCUT2D eigenvalue weighted by molar-refractivity contribution is 5.44. The normalized spacial score (nSPS) is 18.0. The number of hydrogen-bond acceptors (Lipinski definition) is 4. The molecule has 0 radical (unpaired) electrons. The lowest BCUT2D eigenvalue weighted by Gasteiger charge is -2.35. The summed E-state index contributed by atoms with van der Waals surface area (Å²) in [7, 11) is 1.72. The average Bonchev–Trinajstić information content (AvgIpc) is 2.45. The molecule has 0 spiro atoms. The molecule has 0 bridgehead atoms. The van der Waals surface area contributed by atoms with Crippen LogP contribution in [0.2, 0.25) is 0 Å². The summed E-state index contributed by atoms with van der Waals surface area (Å²) >= 11 is 0. The number of aryl methyl sites for hydroxylation is 2. The number of ether oxygens (including phenoxy) is 1. The van der Waals surface area contributed by atoms with Gasteiger partial charge in [0.2, 0.25) is 0 Å². The maximum absolute atomic E-state index is 9.40. The highest BCUT2D eigenvalue weighted by atomic mass is 16.5. The lowest BCUT2D eigenvalue weighted by Crippen LogP contribution is -2.45. The summed E-state index contributed by atoms with van der Waals surface area (Å²) in [6.45, 7) is 8.51. The minimum absolute atomic E-state index is 0.221. The van der Waals surface area contributed by atoms with Crippen molar-refractivity contribution < 1.29 is 9.84 Å². The Bertz CT molecular complexity index is 419. The molecular weight excluding hydrogens is 252 g/mol. The fraction of sp³-hybridized carbons (Fsp3) is 0.625. The number of nitrogens with zero attached hydrogens (tertiary/aromatic N) is 1. The van der Waals surface area contributed by atoms with Crippen molar-refractivity contribution in [2.75, 3.05) is 39.9 Å². The van der Waals surface area contributed by atoms with Crippen molar-refractivity contribution >= 4 is 0 Å². The molecular formula is C16H26N2O2. The zero-order valence-corrected chi connectivity index (χ0v) is 12.8. The maximum Gasteiger partial charge on any atom is 0.124 e. The first-order chi connectivity index (χ1) is 9.67. The predicted octanol–water partition coefficient (Wildman–Crippen LogP) is 1.64. The third-order valence-corrected chi connectivity index (χ3v) is 4.07. The summed E-state index contributed by atoms with van der Waals surface area (Å²) in [5.41, 5.74) is 3.62. The lowest BCUT2D eigenvalue weighted by molar-refractivity contribution is 0.141. The van der Waals surface area contributed by atoms with Gasteiger partial charge in [0.1, 0.15) is 5.75 Å². The van der Waals surface area contributed by atoms with Crippen LogP contribution in [0.4, 0.5) is 0 Å². The van der Waals surface area contributed by atoms with Gasteiger partial charge in [0.25, 0.3) is 0 Å². The molecule has 4 heteroatoms. The van der Waals surface area contributed by atoms with Crippen molar-refractivity contribution in [3.63, 3.8) is 0 Å². The van der Waals surface area contributed by atoms with Crippen molar-refractivity contribution in [1.82, 2.24) is 10.2 Å². The molecule has 0 aromatic heterocycles. The van der Waals surface area contributed by atoms with Crippen LogP contribution in [0.5, 0.6) is 5.75 Å². The van der Waals surface area contributed by atoms with Crippen LogP contribution in [0.3, 0.4) is 0 Å². The van der Waals surface area contributed by atoms with E-state index in [0.717, 1.165) is 38.3 Å². The van der Waals surface area contributed by atoms with E-state index >= 15 is 0 Å². The topological polar surface area (TPSA) is 44.7 Å². The molecule has 1 aromatic rings. The Morgan fingerprint density at radius 2 is 1.85 bits per heavy atom. The first-order valence-electron chi connectivity index (χ1n) is 7.38. The van der Waals surface area contributed by atoms with E-state index in [1.165, 1.54) is 16.7 Å². The Labute approximate surface area is 121 Å². The van der Waals surface area contributed by atoms with Crippen molar-refractivity contribution in [2.24, 2.45) is 0 Å². The summed E-state index contributed by atoms with van der Waals surface area (Å²) in [5.74, 6) is 0.969. The van der Waals surface area contributed by atoms with Gasteiger partial charge in [0, 0.05) is 38.8 Å². The van der Waals surface area contributed by atoms with E-state index in [1.807, 2.05) is 0 Å². The van der Waals surface area contributed by atoms with Crippen molar-refractivity contribution in [3.8, 4) is 5.75 Å². The molecule has 0 aliphatic carbocycles. The summed E-state index contributed by atoms with van der Waals surface area (Å²) in [5, 5.41) is 12.8. The molecule has 4 nitrogen and oxygen atoms in total. The number of piperazine rings is 1. The molecule has 2 N–H and O–H groups in total. The van der Waals surface area contributed by atoms with Gasteiger partial charge in [0.15, 0.2) is 0 Å². The highest BCUT2D eigenvalue weighted by Gasteiger charge is 2.22. The molecule has 1 atom stereocenters. The van der Waals surface area contributed by atoms with Gasteiger partial charge in [-0.1, -0.05) is 12.1 Å². The number of nitrogens with one attached hydrogen (secondary N) is 1. The number of aliphatic hydroxyl groups is 1. The Morgan fingerprint density at radius 1 is 1.25 bits per heavy atom. The minimum atomic E-state index is 0.221. The molecule has 1 aliphatic heterocycles. The average molecular weight is 278 g/mol. The Morgan fingerprint density at radius 3 is 2.35 bits per heavy atom. The van der Waals surface area contributed by atoms with Gasteiger partial charge < -0.3 is 15.2 Å². The van der Waals surface area contributed by atoms with Gasteiger partial charge in [-0.3, -0.25) is 4.90 Å². The SMILES string of the molecule is COc1c(C)cc([C@H](CCO)N2CCNCC2)cc1C. The molecule has 0 amide bonds. The third kappa shape index (κ3) is 3.32. The van der Waals surface area contributed by atoms with E-state index < -0.39 is 0 Å². The fourth-order valence-corrected chi connectivity index (χ4v) is 3.17. The molecule has 0 unspecified atom stereocenters.